The molecule has 0 radical (unpaired) electrons. The number of nitro groups is 1. The molecule has 1 atom stereocenters. The van der Waals surface area contributed by atoms with Crippen LogP contribution in [0.4, 0.5) is 5.69 Å². The Morgan fingerprint density at radius 3 is 2.24 bits per heavy atom. The van der Waals surface area contributed by atoms with E-state index in [9.17, 15) is 24.5 Å². The summed E-state index contributed by atoms with van der Waals surface area (Å²) in [5.41, 5.74) is 2.37. The second-order valence-corrected chi connectivity index (χ2v) is 9.39. The topological polar surface area (TPSA) is 131 Å². The summed E-state index contributed by atoms with van der Waals surface area (Å²) in [4.78, 5) is 57.5. The summed E-state index contributed by atoms with van der Waals surface area (Å²) in [5, 5.41) is 12.6. The van der Waals surface area contributed by atoms with Gasteiger partial charge in [0.1, 0.15) is 0 Å². The van der Waals surface area contributed by atoms with Crippen LogP contribution in [-0.4, -0.2) is 45.4 Å². The quantitative estimate of drug-likeness (QED) is 0.112. The van der Waals surface area contributed by atoms with E-state index in [4.69, 9.17) is 14.5 Å². The highest BCUT2D eigenvalue weighted by molar-refractivity contribution is 6.38. The largest absolute Gasteiger partial charge is 0.464 e. The van der Waals surface area contributed by atoms with E-state index in [2.05, 4.69) is 0 Å². The third-order valence-electron chi connectivity index (χ3n) is 7.15. The number of ether oxygens (including phenoxy) is 2. The molecule has 6 rings (SSSR count). The van der Waals surface area contributed by atoms with Gasteiger partial charge in [-0.3, -0.25) is 14.9 Å². The zero-order valence-electron chi connectivity index (χ0n) is 22.1. The maximum atomic E-state index is 14.4. The van der Waals surface area contributed by atoms with Gasteiger partial charge in [0.05, 0.1) is 46.1 Å². The number of hydrogen-bond donors (Lipinski definition) is 0. The van der Waals surface area contributed by atoms with Crippen LogP contribution in [0.1, 0.15) is 35.8 Å². The first-order valence-corrected chi connectivity index (χ1v) is 13.1. The highest BCUT2D eigenvalue weighted by Gasteiger charge is 2.45. The molecule has 2 aliphatic heterocycles. The van der Waals surface area contributed by atoms with Gasteiger partial charge in [0.2, 0.25) is 0 Å². The number of carbonyl (C=O) groups excluding carboxylic acids is 3. The Balaban J connectivity index is 1.78. The van der Waals surface area contributed by atoms with Gasteiger partial charge < -0.3 is 14.0 Å². The Hall–Kier alpha value is -5.38. The van der Waals surface area contributed by atoms with Crippen LogP contribution in [0.25, 0.3) is 38.8 Å². The highest BCUT2D eigenvalue weighted by Crippen LogP contribution is 2.51. The first-order chi connectivity index (χ1) is 19.9. The number of carbonyl (C=O) groups is 3. The lowest BCUT2D eigenvalue weighted by molar-refractivity contribution is -0.384. The number of Topliss-reactive ketones (excluding diaryl/α,β-unsaturated/α-hetero) is 1. The smallest absolute Gasteiger partial charge is 0.337 e. The fourth-order valence-corrected chi connectivity index (χ4v) is 5.54. The molecule has 0 aromatic heterocycles. The van der Waals surface area contributed by atoms with Crippen LogP contribution in [0.15, 0.2) is 78.4 Å². The molecule has 10 nitrogen and oxygen atoms in total. The number of non-ortho nitro benzene ring substituents is 1. The molecule has 0 fully saturated rings. The number of para-hydroxylation sites is 2. The molecule has 1 unspecified atom stereocenters. The van der Waals surface area contributed by atoms with Crippen LogP contribution in [0.3, 0.4) is 0 Å². The Bertz CT molecular complexity index is 1900. The van der Waals surface area contributed by atoms with E-state index < -0.39 is 28.7 Å². The Kier molecular flexibility index (Phi) is 6.30. The summed E-state index contributed by atoms with van der Waals surface area (Å²) in [7, 11) is 0. The van der Waals surface area contributed by atoms with Crippen molar-refractivity contribution in [2.75, 3.05) is 13.2 Å². The molecule has 1 aliphatic carbocycles. The zero-order valence-corrected chi connectivity index (χ0v) is 22.1. The second-order valence-electron chi connectivity index (χ2n) is 9.39. The zero-order chi connectivity index (χ0) is 28.8. The lowest BCUT2D eigenvalue weighted by Gasteiger charge is -2.32. The van der Waals surface area contributed by atoms with Gasteiger partial charge in [-0.25, -0.2) is 14.6 Å². The van der Waals surface area contributed by atoms with Crippen molar-refractivity contribution >= 4 is 50.8 Å². The number of benzene rings is 3. The van der Waals surface area contributed by atoms with Crippen molar-refractivity contribution in [1.29, 1.82) is 0 Å². The minimum absolute atomic E-state index is 0.00265. The molecule has 3 aromatic carbocycles. The minimum Gasteiger partial charge on any atom is -0.464 e. The summed E-state index contributed by atoms with van der Waals surface area (Å²) in [6.07, 6.45) is 0. The second kappa shape index (κ2) is 9.98. The molecule has 0 saturated heterocycles. The third kappa shape index (κ3) is 3.95. The molecule has 41 heavy (non-hydrogen) atoms. The average molecular weight is 550 g/mol. The number of nitrogens with zero attached hydrogens (tertiary/aromatic N) is 3. The molecule has 3 aliphatic rings. The van der Waals surface area contributed by atoms with Crippen molar-refractivity contribution in [1.82, 2.24) is 9.55 Å². The Morgan fingerprint density at radius 1 is 0.902 bits per heavy atom. The number of allylic oxidation sites excluding steroid dienone is 1. The molecule has 3 aromatic rings. The lowest BCUT2D eigenvalue weighted by Crippen LogP contribution is -2.34. The highest BCUT2D eigenvalue weighted by atomic mass is 16.6. The lowest BCUT2D eigenvalue weighted by atomic mass is 9.84. The molecule has 2 heterocycles. The fourth-order valence-electron chi connectivity index (χ4n) is 5.54. The summed E-state index contributed by atoms with van der Waals surface area (Å²) >= 11 is 0. The predicted octanol–water partition coefficient (Wildman–Crippen LogP) is 5.52. The van der Waals surface area contributed by atoms with E-state index in [0.29, 0.717) is 33.4 Å². The van der Waals surface area contributed by atoms with Crippen molar-refractivity contribution < 1.29 is 28.8 Å². The summed E-state index contributed by atoms with van der Waals surface area (Å²) < 4.78 is 12.6. The third-order valence-corrected chi connectivity index (χ3v) is 7.15. The number of nitro benzene ring substituents is 1. The van der Waals surface area contributed by atoms with E-state index in [1.807, 2.05) is 36.4 Å². The summed E-state index contributed by atoms with van der Waals surface area (Å²) in [6, 6.07) is 18.4. The minimum atomic E-state index is -1.36. The van der Waals surface area contributed by atoms with Crippen molar-refractivity contribution in [3.63, 3.8) is 0 Å². The molecular formula is C31H23N3O7. The maximum absolute atomic E-state index is 14.4. The van der Waals surface area contributed by atoms with Gasteiger partial charge in [0, 0.05) is 34.2 Å². The molecular weight excluding hydrogens is 526 g/mol. The Labute approximate surface area is 233 Å². The first-order valence-electron chi connectivity index (χ1n) is 13.1. The predicted molar refractivity (Wildman–Crippen MR) is 151 cm³/mol. The van der Waals surface area contributed by atoms with E-state index in [-0.39, 0.29) is 35.6 Å². The van der Waals surface area contributed by atoms with E-state index in [0.717, 1.165) is 5.39 Å². The van der Waals surface area contributed by atoms with Crippen LogP contribution in [0, 0.1) is 10.1 Å². The Morgan fingerprint density at radius 2 is 1.56 bits per heavy atom. The van der Waals surface area contributed by atoms with Crippen molar-refractivity contribution in [3.8, 4) is 11.4 Å². The normalized spacial score (nSPS) is 14.4. The van der Waals surface area contributed by atoms with Gasteiger partial charge in [-0.15, -0.1) is 0 Å². The van der Waals surface area contributed by atoms with Crippen LogP contribution >= 0.6 is 0 Å². The molecule has 0 amide bonds. The van der Waals surface area contributed by atoms with Crippen molar-refractivity contribution in [3.05, 3.63) is 99.6 Å². The number of aromatic nitrogens is 2. The average Bonchev–Trinajstić information content (AvgIpc) is 3.31. The summed E-state index contributed by atoms with van der Waals surface area (Å²) in [5.74, 6) is -2.16. The van der Waals surface area contributed by atoms with Crippen LogP contribution < -0.4 is 0 Å². The number of fused-ring (bicyclic) bond motifs is 5. The molecule has 0 saturated carbocycles. The van der Waals surface area contributed by atoms with E-state index >= 15 is 0 Å². The number of esters is 2. The van der Waals surface area contributed by atoms with Gasteiger partial charge in [-0.1, -0.05) is 36.4 Å². The van der Waals surface area contributed by atoms with Crippen LogP contribution in [-0.2, 0) is 19.1 Å². The number of rotatable bonds is 7. The van der Waals surface area contributed by atoms with Gasteiger partial charge in [0.15, 0.2) is 11.8 Å². The molecule has 0 bridgehead atoms. The van der Waals surface area contributed by atoms with Gasteiger partial charge in [-0.05, 0) is 43.5 Å². The maximum Gasteiger partial charge on any atom is 0.337 e. The van der Waals surface area contributed by atoms with Crippen LogP contribution in [0.2, 0.25) is 0 Å². The van der Waals surface area contributed by atoms with Crippen molar-refractivity contribution in [2.24, 2.45) is 0 Å². The van der Waals surface area contributed by atoms with Crippen LogP contribution in [0.5, 0.6) is 0 Å². The molecule has 204 valence electrons. The number of hydrogen-bond acceptors (Lipinski definition) is 8. The first kappa shape index (κ1) is 25.9. The standard InChI is InChI=1S/C31H23N3O7/c1-3-40-30(36)25-24(29(35)17-13-15-18(16-14-17)34(38)39)23-19-9-5-6-10-20(19)26-27(23)33(28(25)31(37)41-4-2)22-12-8-7-11-21(22)32-26/h5-16,28H,3-4H2,1-2H3. The van der Waals surface area contributed by atoms with E-state index in [1.54, 1.807) is 30.5 Å². The summed E-state index contributed by atoms with van der Waals surface area (Å²) in [6.45, 7) is 3.34. The number of ketones is 1. The van der Waals surface area contributed by atoms with Crippen molar-refractivity contribution in [2.45, 2.75) is 19.9 Å². The molecule has 10 heteroatoms. The monoisotopic (exact) mass is 549 g/mol. The van der Waals surface area contributed by atoms with Gasteiger partial charge in [0.25, 0.3) is 5.69 Å². The molecule has 0 spiro atoms. The molecule has 0 N–H and O–H groups in total. The SMILES string of the molecule is CCOC(=O)C1=C(C(=O)c2ccc([N+](=O)[O-])cc2)c2c3n(c4ccccc4nc-3c3ccccc23)C1C(=O)OCC. The van der Waals surface area contributed by atoms with Gasteiger partial charge in [-0.2, -0.15) is 0 Å². The van der Waals surface area contributed by atoms with E-state index in [1.165, 1.54) is 24.3 Å². The van der Waals surface area contributed by atoms with Gasteiger partial charge >= 0.3 is 11.9 Å². The fraction of sp³-hybridized carbons (Fsp3) is 0.161.